The van der Waals surface area contributed by atoms with Crippen molar-refractivity contribution in [3.05, 3.63) is 22.4 Å². The Balaban J connectivity index is 2.10. The average Bonchev–Trinajstić information content (AvgIpc) is 2.70. The van der Waals surface area contributed by atoms with E-state index in [-0.39, 0.29) is 5.78 Å². The summed E-state index contributed by atoms with van der Waals surface area (Å²) in [5.41, 5.74) is 0. The molecule has 0 fully saturated rings. The molecule has 2 nitrogen and oxygen atoms in total. The van der Waals surface area contributed by atoms with Gasteiger partial charge in [-0.1, -0.05) is 25.8 Å². The number of carbonyl (C=O) groups is 1. The maximum absolute atomic E-state index is 11.5. The van der Waals surface area contributed by atoms with Gasteiger partial charge in [0.05, 0.1) is 11.4 Å². The first-order chi connectivity index (χ1) is 6.84. The fraction of sp³-hybridized carbons (Fsp3) is 0.545. The van der Waals surface area contributed by atoms with Gasteiger partial charge >= 0.3 is 0 Å². The van der Waals surface area contributed by atoms with Crippen LogP contribution in [0.4, 0.5) is 0 Å². The van der Waals surface area contributed by atoms with Gasteiger partial charge in [-0.3, -0.25) is 4.79 Å². The number of Topliss-reactive ketones (excluding diaryl/α,β-unsaturated/α-hetero) is 1. The molecule has 0 saturated heterocycles. The number of ketones is 1. The van der Waals surface area contributed by atoms with Crippen molar-refractivity contribution in [1.82, 2.24) is 5.32 Å². The zero-order valence-electron chi connectivity index (χ0n) is 8.58. The van der Waals surface area contributed by atoms with Gasteiger partial charge in [-0.25, -0.2) is 0 Å². The monoisotopic (exact) mass is 211 g/mol. The highest BCUT2D eigenvalue weighted by molar-refractivity contribution is 7.12. The molecular weight excluding hydrogens is 194 g/mol. The minimum absolute atomic E-state index is 0.205. The number of rotatable bonds is 7. The third-order valence-corrected chi connectivity index (χ3v) is 2.95. The van der Waals surface area contributed by atoms with Crippen LogP contribution in [0.25, 0.3) is 0 Å². The summed E-state index contributed by atoms with van der Waals surface area (Å²) in [5.74, 6) is 0.205. The Hall–Kier alpha value is -0.670. The van der Waals surface area contributed by atoms with Crippen LogP contribution in [0.3, 0.4) is 0 Å². The molecule has 1 rings (SSSR count). The van der Waals surface area contributed by atoms with E-state index in [2.05, 4.69) is 12.2 Å². The molecular formula is C11H17NOS. The van der Waals surface area contributed by atoms with Crippen LogP contribution in [-0.4, -0.2) is 18.9 Å². The Morgan fingerprint density at radius 1 is 1.50 bits per heavy atom. The number of thiophene rings is 1. The average molecular weight is 211 g/mol. The van der Waals surface area contributed by atoms with Crippen molar-refractivity contribution in [3.63, 3.8) is 0 Å². The van der Waals surface area contributed by atoms with Gasteiger partial charge in [-0.15, -0.1) is 11.3 Å². The van der Waals surface area contributed by atoms with E-state index in [1.807, 2.05) is 17.5 Å². The largest absolute Gasteiger partial charge is 0.310 e. The lowest BCUT2D eigenvalue weighted by Crippen LogP contribution is -2.23. The molecule has 0 spiro atoms. The zero-order chi connectivity index (χ0) is 10.2. The highest BCUT2D eigenvalue weighted by Gasteiger charge is 2.04. The van der Waals surface area contributed by atoms with E-state index >= 15 is 0 Å². The molecule has 14 heavy (non-hydrogen) atoms. The number of nitrogens with one attached hydrogen (secondary N) is 1. The van der Waals surface area contributed by atoms with Gasteiger partial charge in [0.15, 0.2) is 5.78 Å². The zero-order valence-corrected chi connectivity index (χ0v) is 9.40. The van der Waals surface area contributed by atoms with Gasteiger partial charge in [0.2, 0.25) is 0 Å². The summed E-state index contributed by atoms with van der Waals surface area (Å²) < 4.78 is 0. The molecule has 1 aromatic rings. The van der Waals surface area contributed by atoms with Crippen LogP contribution >= 0.6 is 11.3 Å². The molecule has 3 heteroatoms. The SMILES string of the molecule is CCCCCNCC(=O)c1cccs1. The lowest BCUT2D eigenvalue weighted by atomic mass is 10.2. The Morgan fingerprint density at radius 3 is 3.00 bits per heavy atom. The van der Waals surface area contributed by atoms with Gasteiger partial charge < -0.3 is 5.32 Å². The molecule has 0 aliphatic rings. The lowest BCUT2D eigenvalue weighted by Gasteiger charge is -2.01. The molecule has 0 radical (unpaired) electrons. The van der Waals surface area contributed by atoms with E-state index in [0.29, 0.717) is 6.54 Å². The first-order valence-corrected chi connectivity index (χ1v) is 6.00. The quantitative estimate of drug-likeness (QED) is 0.555. The fourth-order valence-corrected chi connectivity index (χ4v) is 1.89. The third kappa shape index (κ3) is 4.03. The highest BCUT2D eigenvalue weighted by Crippen LogP contribution is 2.08. The van der Waals surface area contributed by atoms with E-state index < -0.39 is 0 Å². The Bertz CT molecular complexity index is 256. The summed E-state index contributed by atoms with van der Waals surface area (Å²) in [5, 5.41) is 5.10. The molecule has 0 amide bonds. The smallest absolute Gasteiger partial charge is 0.186 e. The maximum atomic E-state index is 11.5. The van der Waals surface area contributed by atoms with Crippen molar-refractivity contribution in [2.45, 2.75) is 26.2 Å². The van der Waals surface area contributed by atoms with Crippen LogP contribution in [0.15, 0.2) is 17.5 Å². The minimum Gasteiger partial charge on any atom is -0.310 e. The molecule has 0 aromatic carbocycles. The topological polar surface area (TPSA) is 29.1 Å². The summed E-state index contributed by atoms with van der Waals surface area (Å²) in [6.45, 7) is 3.60. The van der Waals surface area contributed by atoms with Crippen LogP contribution in [0, 0.1) is 0 Å². The number of hydrogen-bond donors (Lipinski definition) is 1. The first kappa shape index (κ1) is 11.4. The summed E-state index contributed by atoms with van der Waals surface area (Å²) >= 11 is 1.51. The lowest BCUT2D eigenvalue weighted by molar-refractivity contribution is 0.0995. The van der Waals surface area contributed by atoms with Gasteiger partial charge in [0.25, 0.3) is 0 Å². The Labute approximate surface area is 89.3 Å². The van der Waals surface area contributed by atoms with Crippen molar-refractivity contribution in [1.29, 1.82) is 0 Å². The van der Waals surface area contributed by atoms with Crippen LogP contribution in [-0.2, 0) is 0 Å². The second-order valence-electron chi connectivity index (χ2n) is 3.28. The van der Waals surface area contributed by atoms with Crippen molar-refractivity contribution < 1.29 is 4.79 Å². The summed E-state index contributed by atoms with van der Waals surface area (Å²) in [6.07, 6.45) is 3.62. The minimum atomic E-state index is 0.205. The molecule has 0 bridgehead atoms. The third-order valence-electron chi connectivity index (χ3n) is 2.04. The van der Waals surface area contributed by atoms with E-state index in [4.69, 9.17) is 0 Å². The molecule has 1 N–H and O–H groups in total. The predicted octanol–water partition coefficient (Wildman–Crippen LogP) is 2.71. The van der Waals surface area contributed by atoms with Crippen LogP contribution in [0.2, 0.25) is 0 Å². The predicted molar refractivity (Wildman–Crippen MR) is 61.0 cm³/mol. The molecule has 0 atom stereocenters. The van der Waals surface area contributed by atoms with Gasteiger partial charge in [0.1, 0.15) is 0 Å². The summed E-state index contributed by atoms with van der Waals surface area (Å²) in [6, 6.07) is 3.79. The normalized spacial score (nSPS) is 10.4. The van der Waals surface area contributed by atoms with E-state index in [1.165, 1.54) is 24.2 Å². The van der Waals surface area contributed by atoms with Crippen LogP contribution in [0.5, 0.6) is 0 Å². The number of hydrogen-bond acceptors (Lipinski definition) is 3. The molecule has 1 aromatic heterocycles. The van der Waals surface area contributed by atoms with E-state index in [1.54, 1.807) is 0 Å². The molecule has 0 aliphatic heterocycles. The standard InChI is InChI=1S/C11H17NOS/c1-2-3-4-7-12-9-10(13)11-6-5-8-14-11/h5-6,8,12H,2-4,7,9H2,1H3. The maximum Gasteiger partial charge on any atom is 0.186 e. The molecule has 0 aliphatic carbocycles. The van der Waals surface area contributed by atoms with Crippen LogP contribution in [0.1, 0.15) is 35.9 Å². The van der Waals surface area contributed by atoms with Crippen molar-refractivity contribution >= 4 is 17.1 Å². The number of unbranched alkanes of at least 4 members (excludes halogenated alkanes) is 2. The van der Waals surface area contributed by atoms with E-state index in [9.17, 15) is 4.79 Å². The number of carbonyl (C=O) groups excluding carboxylic acids is 1. The molecule has 78 valence electrons. The fourth-order valence-electron chi connectivity index (χ4n) is 1.23. The Kier molecular flexibility index (Phi) is 5.49. The first-order valence-electron chi connectivity index (χ1n) is 5.12. The summed E-state index contributed by atoms with van der Waals surface area (Å²) in [7, 11) is 0. The van der Waals surface area contributed by atoms with Crippen molar-refractivity contribution in [2.75, 3.05) is 13.1 Å². The molecule has 0 unspecified atom stereocenters. The second-order valence-corrected chi connectivity index (χ2v) is 4.23. The molecule has 0 saturated carbocycles. The van der Waals surface area contributed by atoms with Gasteiger partial charge in [0, 0.05) is 0 Å². The van der Waals surface area contributed by atoms with Crippen molar-refractivity contribution in [2.24, 2.45) is 0 Å². The van der Waals surface area contributed by atoms with Gasteiger partial charge in [-0.05, 0) is 24.4 Å². The summed E-state index contributed by atoms with van der Waals surface area (Å²) in [4.78, 5) is 12.3. The van der Waals surface area contributed by atoms with E-state index in [0.717, 1.165) is 17.8 Å². The van der Waals surface area contributed by atoms with Crippen LogP contribution < -0.4 is 5.32 Å². The highest BCUT2D eigenvalue weighted by atomic mass is 32.1. The second kappa shape index (κ2) is 6.74. The van der Waals surface area contributed by atoms with Crippen molar-refractivity contribution in [3.8, 4) is 0 Å². The molecule has 1 heterocycles. The Morgan fingerprint density at radius 2 is 2.36 bits per heavy atom. The van der Waals surface area contributed by atoms with Gasteiger partial charge in [-0.2, -0.15) is 0 Å².